The van der Waals surface area contributed by atoms with Gasteiger partial charge in [0.2, 0.25) is 0 Å². The summed E-state index contributed by atoms with van der Waals surface area (Å²) in [5.74, 6) is 0.864. The van der Waals surface area contributed by atoms with Crippen LogP contribution in [0.15, 0.2) is 29.3 Å². The molecule has 10 heavy (non-hydrogen) atoms. The fourth-order valence-electron chi connectivity index (χ4n) is 0.491. The number of hydrogen-bond donors (Lipinski definition) is 1. The Morgan fingerprint density at radius 1 is 1.50 bits per heavy atom. The van der Waals surface area contributed by atoms with Crippen LogP contribution in [0.5, 0.6) is 0 Å². The van der Waals surface area contributed by atoms with Crippen LogP contribution >= 0.6 is 0 Å². The van der Waals surface area contributed by atoms with Crippen molar-refractivity contribution in [1.29, 1.82) is 0 Å². The Kier molecular flexibility index (Phi) is 4.29. The molecule has 0 aromatic carbocycles. The maximum Gasteiger partial charge on any atom is 0.120 e. The van der Waals surface area contributed by atoms with Crippen molar-refractivity contribution in [3.63, 3.8) is 0 Å². The van der Waals surface area contributed by atoms with Gasteiger partial charge in [0.25, 0.3) is 0 Å². The smallest absolute Gasteiger partial charge is 0.120 e. The molecule has 0 amide bonds. The summed E-state index contributed by atoms with van der Waals surface area (Å²) in [6.07, 6.45) is 3.81. The highest BCUT2D eigenvalue weighted by molar-refractivity contribution is 5.92. The second-order valence-electron chi connectivity index (χ2n) is 2.04. The molecular formula is C8H14N2. The standard InChI is InChI=1S/C8H14N2/c1-7(2)5-6-8(9-3)10-4/h5-6H,1H2,2-4H3,(H,9,10)/b6-5-. The van der Waals surface area contributed by atoms with Crippen LogP contribution in [-0.2, 0) is 0 Å². The number of aliphatic imine (C=N–C) groups is 1. The molecule has 0 aliphatic heterocycles. The molecule has 0 spiro atoms. The van der Waals surface area contributed by atoms with Gasteiger partial charge in [0.1, 0.15) is 5.84 Å². The first-order valence-electron chi connectivity index (χ1n) is 3.19. The molecule has 0 heterocycles. The average Bonchev–Trinajstić information content (AvgIpc) is 1.90. The van der Waals surface area contributed by atoms with E-state index in [4.69, 9.17) is 0 Å². The molecule has 0 aliphatic carbocycles. The number of likely N-dealkylation sites (N-methyl/N-ethyl adjacent to an activating group) is 1. The molecule has 0 bridgehead atoms. The van der Waals surface area contributed by atoms with Crippen LogP contribution in [0.25, 0.3) is 0 Å². The molecule has 56 valence electrons. The van der Waals surface area contributed by atoms with Gasteiger partial charge in [-0.15, -0.1) is 0 Å². The summed E-state index contributed by atoms with van der Waals surface area (Å²) >= 11 is 0. The average molecular weight is 138 g/mol. The normalized spacial score (nSPS) is 12.1. The lowest BCUT2D eigenvalue weighted by molar-refractivity contribution is 1.16. The minimum absolute atomic E-state index is 0.864. The summed E-state index contributed by atoms with van der Waals surface area (Å²) in [6.45, 7) is 5.67. The minimum Gasteiger partial charge on any atom is -0.373 e. The van der Waals surface area contributed by atoms with E-state index in [0.717, 1.165) is 11.4 Å². The first-order valence-corrected chi connectivity index (χ1v) is 3.19. The number of allylic oxidation sites excluding steroid dienone is 2. The highest BCUT2D eigenvalue weighted by Gasteiger charge is 1.82. The molecular weight excluding hydrogens is 124 g/mol. The Hall–Kier alpha value is -1.05. The predicted octanol–water partition coefficient (Wildman–Crippen LogP) is 1.37. The van der Waals surface area contributed by atoms with Crippen molar-refractivity contribution in [2.75, 3.05) is 14.1 Å². The number of nitrogens with zero attached hydrogens (tertiary/aromatic N) is 1. The lowest BCUT2D eigenvalue weighted by atomic mass is 10.3. The zero-order valence-corrected chi connectivity index (χ0v) is 6.81. The summed E-state index contributed by atoms with van der Waals surface area (Å²) in [4.78, 5) is 3.96. The molecule has 2 nitrogen and oxygen atoms in total. The second kappa shape index (κ2) is 4.79. The van der Waals surface area contributed by atoms with Gasteiger partial charge in [-0.1, -0.05) is 18.2 Å². The van der Waals surface area contributed by atoms with Crippen molar-refractivity contribution in [2.45, 2.75) is 6.92 Å². The molecule has 0 aromatic rings. The first kappa shape index (κ1) is 8.95. The molecule has 1 N–H and O–H groups in total. The van der Waals surface area contributed by atoms with Gasteiger partial charge in [-0.2, -0.15) is 0 Å². The Labute approximate surface area is 62.4 Å². The Morgan fingerprint density at radius 3 is 2.40 bits per heavy atom. The number of amidine groups is 1. The largest absolute Gasteiger partial charge is 0.373 e. The quantitative estimate of drug-likeness (QED) is 0.348. The molecule has 0 rings (SSSR count). The zero-order valence-electron chi connectivity index (χ0n) is 6.81. The molecule has 0 fully saturated rings. The van der Waals surface area contributed by atoms with E-state index in [2.05, 4.69) is 16.9 Å². The van der Waals surface area contributed by atoms with Gasteiger partial charge in [-0.3, -0.25) is 4.99 Å². The van der Waals surface area contributed by atoms with E-state index in [9.17, 15) is 0 Å². The van der Waals surface area contributed by atoms with Gasteiger partial charge in [0.15, 0.2) is 0 Å². The molecule has 0 radical (unpaired) electrons. The fraction of sp³-hybridized carbons (Fsp3) is 0.375. The fourth-order valence-corrected chi connectivity index (χ4v) is 0.491. The summed E-state index contributed by atoms with van der Waals surface area (Å²) in [5.41, 5.74) is 1.02. The van der Waals surface area contributed by atoms with Crippen molar-refractivity contribution in [2.24, 2.45) is 4.99 Å². The van der Waals surface area contributed by atoms with Crippen LogP contribution < -0.4 is 5.32 Å². The van der Waals surface area contributed by atoms with Crippen molar-refractivity contribution in [3.05, 3.63) is 24.3 Å². The van der Waals surface area contributed by atoms with E-state index < -0.39 is 0 Å². The van der Waals surface area contributed by atoms with Gasteiger partial charge < -0.3 is 5.32 Å². The number of nitrogens with one attached hydrogen (secondary N) is 1. The second-order valence-corrected chi connectivity index (χ2v) is 2.04. The Balaban J connectivity index is 3.98. The summed E-state index contributed by atoms with van der Waals surface area (Å²) in [6, 6.07) is 0. The van der Waals surface area contributed by atoms with Crippen LogP contribution in [0, 0.1) is 0 Å². The minimum atomic E-state index is 0.864. The lowest BCUT2D eigenvalue weighted by Gasteiger charge is -1.95. The van der Waals surface area contributed by atoms with Crippen molar-refractivity contribution in [1.82, 2.24) is 5.32 Å². The molecule has 0 aliphatic rings. The van der Waals surface area contributed by atoms with Crippen LogP contribution in [0.4, 0.5) is 0 Å². The van der Waals surface area contributed by atoms with Crippen molar-refractivity contribution in [3.8, 4) is 0 Å². The molecule has 0 aromatic heterocycles. The van der Waals surface area contributed by atoms with E-state index in [1.807, 2.05) is 26.1 Å². The van der Waals surface area contributed by atoms with E-state index >= 15 is 0 Å². The van der Waals surface area contributed by atoms with Gasteiger partial charge in [0.05, 0.1) is 0 Å². The highest BCUT2D eigenvalue weighted by atomic mass is 14.9. The Bertz CT molecular complexity index is 166. The van der Waals surface area contributed by atoms with Gasteiger partial charge in [-0.05, 0) is 13.0 Å². The molecule has 2 heteroatoms. The summed E-state index contributed by atoms with van der Waals surface area (Å²) in [5, 5.41) is 2.93. The number of hydrogen-bond acceptors (Lipinski definition) is 1. The molecule has 0 saturated carbocycles. The third-order valence-electron chi connectivity index (χ3n) is 1.02. The zero-order chi connectivity index (χ0) is 7.98. The molecule has 0 atom stereocenters. The summed E-state index contributed by atoms with van der Waals surface area (Å²) < 4.78 is 0. The van der Waals surface area contributed by atoms with Gasteiger partial charge >= 0.3 is 0 Å². The van der Waals surface area contributed by atoms with E-state index in [1.165, 1.54) is 0 Å². The van der Waals surface area contributed by atoms with Crippen LogP contribution in [0.3, 0.4) is 0 Å². The topological polar surface area (TPSA) is 24.4 Å². The van der Waals surface area contributed by atoms with Crippen LogP contribution in [0.2, 0.25) is 0 Å². The maximum absolute atomic E-state index is 3.96. The molecule has 0 saturated heterocycles. The van der Waals surface area contributed by atoms with E-state index in [1.54, 1.807) is 7.05 Å². The van der Waals surface area contributed by atoms with E-state index in [-0.39, 0.29) is 0 Å². The maximum atomic E-state index is 3.96. The molecule has 0 unspecified atom stereocenters. The van der Waals surface area contributed by atoms with Crippen LogP contribution in [0.1, 0.15) is 6.92 Å². The SMILES string of the molecule is C=C(C)/C=C\C(=NC)NC. The lowest BCUT2D eigenvalue weighted by Crippen LogP contribution is -2.14. The van der Waals surface area contributed by atoms with Gasteiger partial charge in [0, 0.05) is 14.1 Å². The monoisotopic (exact) mass is 138 g/mol. The predicted molar refractivity (Wildman–Crippen MR) is 46.4 cm³/mol. The van der Waals surface area contributed by atoms with Crippen molar-refractivity contribution < 1.29 is 0 Å². The van der Waals surface area contributed by atoms with Gasteiger partial charge in [-0.25, -0.2) is 0 Å². The number of rotatable bonds is 2. The summed E-state index contributed by atoms with van der Waals surface area (Å²) in [7, 11) is 3.58. The first-order chi connectivity index (χ1) is 4.70. The van der Waals surface area contributed by atoms with Crippen molar-refractivity contribution >= 4 is 5.84 Å². The highest BCUT2D eigenvalue weighted by Crippen LogP contribution is 1.88. The third-order valence-corrected chi connectivity index (χ3v) is 1.02. The van der Waals surface area contributed by atoms with Crippen LogP contribution in [-0.4, -0.2) is 19.9 Å². The Morgan fingerprint density at radius 2 is 2.10 bits per heavy atom. The third kappa shape index (κ3) is 3.89. The van der Waals surface area contributed by atoms with E-state index in [0.29, 0.717) is 0 Å².